The molecule has 0 bridgehead atoms. The van der Waals surface area contributed by atoms with Crippen LogP contribution in [0.5, 0.6) is 0 Å². The molecule has 2 aliphatic rings. The highest BCUT2D eigenvalue weighted by Crippen LogP contribution is 2.36. The lowest BCUT2D eigenvalue weighted by atomic mass is 9.84. The van der Waals surface area contributed by atoms with Gasteiger partial charge in [0.05, 0.1) is 30.2 Å². The summed E-state index contributed by atoms with van der Waals surface area (Å²) in [6.07, 6.45) is 7.07. The molecule has 0 unspecified atom stereocenters. The normalized spacial score (nSPS) is 16.1. The van der Waals surface area contributed by atoms with Crippen LogP contribution in [0, 0.1) is 5.92 Å². The Bertz CT molecular complexity index is 1270. The molecule has 0 spiro atoms. The van der Waals surface area contributed by atoms with Crippen LogP contribution >= 0.6 is 0 Å². The number of carbonyl (C=O) groups excluding carboxylic acids is 2. The monoisotopic (exact) mass is 495 g/mol. The molecule has 0 radical (unpaired) electrons. The molecular weight excluding hydrogens is 462 g/mol. The lowest BCUT2D eigenvalue weighted by Crippen LogP contribution is -2.36. The van der Waals surface area contributed by atoms with Crippen molar-refractivity contribution < 1.29 is 9.59 Å². The van der Waals surface area contributed by atoms with Crippen LogP contribution in [0.25, 0.3) is 0 Å². The molecule has 0 saturated heterocycles. The lowest BCUT2D eigenvalue weighted by molar-refractivity contribution is -0.114. The number of carbonyl (C=O) groups is 2. The molecule has 0 aromatic heterocycles. The maximum atomic E-state index is 14.1. The van der Waals surface area contributed by atoms with E-state index >= 15 is 0 Å². The number of hydrogen-bond donors (Lipinski definition) is 2. The van der Waals surface area contributed by atoms with Crippen LogP contribution in [0.4, 0.5) is 21.9 Å². The predicted octanol–water partition coefficient (Wildman–Crippen LogP) is 6.03. The molecule has 1 heterocycles. The second-order valence-corrected chi connectivity index (χ2v) is 9.73. The highest BCUT2D eigenvalue weighted by atomic mass is 16.2. The average Bonchev–Trinajstić information content (AvgIpc) is 3.05. The summed E-state index contributed by atoms with van der Waals surface area (Å²) >= 11 is 0. The van der Waals surface area contributed by atoms with Crippen molar-refractivity contribution in [1.29, 1.82) is 0 Å². The third-order valence-electron chi connectivity index (χ3n) is 7.09. The van der Waals surface area contributed by atoms with Gasteiger partial charge < -0.3 is 11.1 Å². The molecule has 3 N–H and O–H groups in total. The molecule has 37 heavy (non-hydrogen) atoms. The van der Waals surface area contributed by atoms with Crippen LogP contribution in [-0.2, 0) is 11.3 Å². The van der Waals surface area contributed by atoms with Gasteiger partial charge in [0.2, 0.25) is 5.91 Å². The van der Waals surface area contributed by atoms with E-state index in [4.69, 9.17) is 10.8 Å². The Balaban J connectivity index is 1.55. The second kappa shape index (κ2) is 11.4. The quantitative estimate of drug-likeness (QED) is 0.419. The van der Waals surface area contributed by atoms with Gasteiger partial charge in [-0.1, -0.05) is 80.6 Å². The van der Waals surface area contributed by atoms with Gasteiger partial charge in [0, 0.05) is 11.3 Å². The zero-order chi connectivity index (χ0) is 25.6. The second-order valence-electron chi connectivity index (χ2n) is 9.73. The highest BCUT2D eigenvalue weighted by Gasteiger charge is 2.32. The Kier molecular flexibility index (Phi) is 7.61. The summed E-state index contributed by atoms with van der Waals surface area (Å²) in [4.78, 5) is 27.6. The number of rotatable bonds is 7. The number of nitrogens with two attached hydrogens (primary N) is 1. The van der Waals surface area contributed by atoms with Crippen molar-refractivity contribution in [3.05, 3.63) is 90.0 Å². The molecule has 3 amide bonds. The van der Waals surface area contributed by atoms with Gasteiger partial charge in [0.25, 0.3) is 0 Å². The molecule has 190 valence electrons. The number of hydrogen-bond acceptors (Lipinski definition) is 4. The number of anilines is 3. The number of urea groups is 1. The maximum Gasteiger partial charge on any atom is 0.349 e. The first-order valence-corrected chi connectivity index (χ1v) is 13.0. The number of fused-ring (bicyclic) bond motifs is 1. The van der Waals surface area contributed by atoms with E-state index in [0.717, 1.165) is 28.9 Å². The summed E-state index contributed by atoms with van der Waals surface area (Å²) in [5, 5.41) is 9.37. The van der Waals surface area contributed by atoms with Crippen LogP contribution in [0.3, 0.4) is 0 Å². The van der Waals surface area contributed by atoms with Gasteiger partial charge >= 0.3 is 6.03 Å². The first-order chi connectivity index (χ1) is 18.1. The number of nitrogens with one attached hydrogen (secondary N) is 1. The minimum atomic E-state index is -0.265. The Labute approximate surface area is 218 Å². The summed E-state index contributed by atoms with van der Waals surface area (Å²) in [5.41, 5.74) is 10.5. The van der Waals surface area contributed by atoms with Crippen molar-refractivity contribution in [3.63, 3.8) is 0 Å². The van der Waals surface area contributed by atoms with E-state index in [9.17, 15) is 9.59 Å². The zero-order valence-electron chi connectivity index (χ0n) is 21.0. The minimum absolute atomic E-state index is 0.0880. The van der Waals surface area contributed by atoms with Gasteiger partial charge in [-0.25, -0.2) is 9.80 Å². The number of nitrogens with zero attached hydrogens (tertiary/aromatic N) is 3. The largest absolute Gasteiger partial charge is 0.349 e. The molecular formula is C30H33N5O2. The smallest absolute Gasteiger partial charge is 0.325 e. The minimum Gasteiger partial charge on any atom is -0.325 e. The Hall–Kier alpha value is -3.97. The van der Waals surface area contributed by atoms with Crippen LogP contribution in [0.2, 0.25) is 0 Å². The molecule has 7 nitrogen and oxygen atoms in total. The summed E-state index contributed by atoms with van der Waals surface area (Å²) in [6.45, 7) is 0.290. The average molecular weight is 496 g/mol. The molecule has 1 fully saturated rings. The van der Waals surface area contributed by atoms with Gasteiger partial charge in [-0.05, 0) is 48.2 Å². The van der Waals surface area contributed by atoms with Gasteiger partial charge in [-0.3, -0.25) is 9.69 Å². The van der Waals surface area contributed by atoms with Crippen LogP contribution in [0.15, 0.2) is 84.0 Å². The standard InChI is InChI=1S/C30H33N5O2/c31-20-29(36)32-24-15-17-25(18-16-24)35-28-14-8-7-13-26(28)27(19-22-9-3-1-4-10-22)33-34(30(35)37)21-23-11-5-2-6-12-23/h2,5-8,11-18,22H,1,3-4,9-10,19-21,31H2,(H,32,36). The van der Waals surface area contributed by atoms with Crippen molar-refractivity contribution in [3.8, 4) is 0 Å². The van der Waals surface area contributed by atoms with Crippen LogP contribution in [0.1, 0.15) is 49.7 Å². The Morgan fingerprint density at radius 2 is 1.62 bits per heavy atom. The van der Waals surface area contributed by atoms with Gasteiger partial charge in [-0.15, -0.1) is 0 Å². The van der Waals surface area contributed by atoms with Crippen molar-refractivity contribution in [1.82, 2.24) is 5.01 Å². The van der Waals surface area contributed by atoms with Gasteiger partial charge in [0.1, 0.15) is 0 Å². The number of amides is 3. The SMILES string of the molecule is NCC(=O)Nc1ccc(N2C(=O)N(Cc3ccccc3)N=C(CC3CCCCC3)c3ccccc32)cc1. The molecule has 1 aliphatic heterocycles. The fraction of sp³-hybridized carbons (Fsp3) is 0.300. The summed E-state index contributed by atoms with van der Waals surface area (Å²) in [5.74, 6) is 0.310. The predicted molar refractivity (Wildman–Crippen MR) is 148 cm³/mol. The third-order valence-corrected chi connectivity index (χ3v) is 7.09. The van der Waals surface area contributed by atoms with E-state index in [-0.39, 0.29) is 18.5 Å². The maximum absolute atomic E-state index is 14.1. The van der Waals surface area contributed by atoms with Crippen molar-refractivity contribution >= 4 is 34.7 Å². The molecule has 1 aliphatic carbocycles. The zero-order valence-corrected chi connectivity index (χ0v) is 21.0. The molecule has 5 rings (SSSR count). The van der Waals surface area contributed by atoms with E-state index in [1.807, 2.05) is 60.7 Å². The van der Waals surface area contributed by atoms with Gasteiger partial charge in [-0.2, -0.15) is 5.10 Å². The molecule has 3 aromatic rings. The Morgan fingerprint density at radius 3 is 2.35 bits per heavy atom. The third kappa shape index (κ3) is 5.73. The fourth-order valence-electron chi connectivity index (χ4n) is 5.20. The number of hydrazone groups is 1. The number of benzene rings is 3. The first kappa shape index (κ1) is 24.7. The van der Waals surface area contributed by atoms with E-state index in [1.54, 1.807) is 22.0 Å². The molecule has 3 aromatic carbocycles. The van der Waals surface area contributed by atoms with Crippen LogP contribution < -0.4 is 16.0 Å². The highest BCUT2D eigenvalue weighted by molar-refractivity contribution is 6.13. The first-order valence-electron chi connectivity index (χ1n) is 13.0. The summed E-state index contributed by atoms with van der Waals surface area (Å²) < 4.78 is 0. The van der Waals surface area contributed by atoms with E-state index in [0.29, 0.717) is 23.8 Å². The molecule has 0 atom stereocenters. The topological polar surface area (TPSA) is 91.0 Å². The van der Waals surface area contributed by atoms with Crippen molar-refractivity contribution in [2.45, 2.75) is 45.1 Å². The lowest BCUT2D eigenvalue weighted by Gasteiger charge is -2.27. The Morgan fingerprint density at radius 1 is 0.919 bits per heavy atom. The summed E-state index contributed by atoms with van der Waals surface area (Å²) in [7, 11) is 0. The fourth-order valence-corrected chi connectivity index (χ4v) is 5.20. The van der Waals surface area contributed by atoms with Gasteiger partial charge in [0.15, 0.2) is 0 Å². The molecule has 1 saturated carbocycles. The van der Waals surface area contributed by atoms with Crippen LogP contribution in [-0.4, -0.2) is 29.2 Å². The van der Waals surface area contributed by atoms with E-state index in [1.165, 1.54) is 32.1 Å². The summed E-state index contributed by atoms with van der Waals surface area (Å²) in [6, 6.07) is 25.0. The van der Waals surface area contributed by atoms with E-state index in [2.05, 4.69) is 11.4 Å². The molecule has 7 heteroatoms. The van der Waals surface area contributed by atoms with E-state index < -0.39 is 0 Å². The van der Waals surface area contributed by atoms with Crippen molar-refractivity contribution in [2.24, 2.45) is 16.8 Å². The number of para-hydroxylation sites is 1. The van der Waals surface area contributed by atoms with Crippen molar-refractivity contribution in [2.75, 3.05) is 16.8 Å².